The molecule has 182 valence electrons. The van der Waals surface area contributed by atoms with E-state index in [0.29, 0.717) is 33.5 Å². The third kappa shape index (κ3) is 5.65. The number of alkyl halides is 1. The molecule has 0 spiro atoms. The number of aliphatic carboxylic acids is 1. The fourth-order valence-corrected chi connectivity index (χ4v) is 5.01. The number of rotatable bonds is 6. The van der Waals surface area contributed by atoms with Crippen LogP contribution in [-0.2, 0) is 4.79 Å². The first-order valence-electron chi connectivity index (χ1n) is 11.0. The van der Waals surface area contributed by atoms with E-state index >= 15 is 0 Å². The zero-order valence-corrected chi connectivity index (χ0v) is 19.9. The number of hydrogen-bond donors (Lipinski definition) is 4. The van der Waals surface area contributed by atoms with Crippen LogP contribution in [0.3, 0.4) is 0 Å². The fraction of sp³-hybridized carbons (Fsp3) is 0.391. The van der Waals surface area contributed by atoms with E-state index in [-0.39, 0.29) is 13.1 Å². The summed E-state index contributed by atoms with van der Waals surface area (Å²) in [5.74, 6) is -1.03. The van der Waals surface area contributed by atoms with Crippen LogP contribution in [0.2, 0.25) is 10.0 Å². The van der Waals surface area contributed by atoms with E-state index in [9.17, 15) is 19.1 Å². The first-order valence-corrected chi connectivity index (χ1v) is 11.8. The lowest BCUT2D eigenvalue weighted by Crippen LogP contribution is -2.47. The van der Waals surface area contributed by atoms with Gasteiger partial charge in [0.2, 0.25) is 0 Å². The molecular formula is C23H26Cl2FN5O3. The molecule has 2 aliphatic rings. The van der Waals surface area contributed by atoms with Gasteiger partial charge in [0.1, 0.15) is 12.7 Å². The van der Waals surface area contributed by atoms with Crippen LogP contribution >= 0.6 is 23.2 Å². The number of anilines is 3. The topological polar surface area (TPSA) is 96.9 Å². The maximum absolute atomic E-state index is 12.7. The molecule has 0 unspecified atom stereocenters. The van der Waals surface area contributed by atoms with Gasteiger partial charge in [0.15, 0.2) is 0 Å². The van der Waals surface area contributed by atoms with Gasteiger partial charge in [-0.25, -0.2) is 14.0 Å². The number of carbonyl (C=O) groups is 2. The Labute approximate surface area is 207 Å². The van der Waals surface area contributed by atoms with Gasteiger partial charge in [-0.2, -0.15) is 0 Å². The molecule has 2 atom stereocenters. The molecule has 1 saturated heterocycles. The van der Waals surface area contributed by atoms with E-state index in [2.05, 4.69) is 25.8 Å². The Bertz CT molecular complexity index is 1050. The number of benzene rings is 2. The zero-order chi connectivity index (χ0) is 24.2. The van der Waals surface area contributed by atoms with Crippen LogP contribution < -0.4 is 20.9 Å². The van der Waals surface area contributed by atoms with Gasteiger partial charge in [0.25, 0.3) is 0 Å². The van der Waals surface area contributed by atoms with Gasteiger partial charge in [0.05, 0.1) is 6.04 Å². The van der Waals surface area contributed by atoms with Crippen LogP contribution in [0.4, 0.5) is 26.2 Å². The highest BCUT2D eigenvalue weighted by molar-refractivity contribution is 6.35. The summed E-state index contributed by atoms with van der Waals surface area (Å²) in [6.45, 7) is 3.40. The van der Waals surface area contributed by atoms with Gasteiger partial charge in [-0.1, -0.05) is 23.2 Å². The van der Waals surface area contributed by atoms with Crippen LogP contribution in [0.15, 0.2) is 36.4 Å². The summed E-state index contributed by atoms with van der Waals surface area (Å²) in [6, 6.07) is 8.67. The van der Waals surface area contributed by atoms with E-state index in [1.54, 1.807) is 12.1 Å². The van der Waals surface area contributed by atoms with Crippen LogP contribution in [0, 0.1) is 0 Å². The zero-order valence-electron chi connectivity index (χ0n) is 18.4. The van der Waals surface area contributed by atoms with Gasteiger partial charge in [0, 0.05) is 71.8 Å². The molecule has 0 aromatic heterocycles. The Morgan fingerprint density at radius 2 is 1.82 bits per heavy atom. The van der Waals surface area contributed by atoms with Crippen molar-refractivity contribution in [1.29, 1.82) is 0 Å². The molecule has 8 nitrogen and oxygen atoms in total. The second-order valence-corrected chi connectivity index (χ2v) is 9.18. The number of halogens is 3. The third-order valence-electron chi connectivity index (χ3n) is 6.11. The number of hydrogen-bond acceptors (Lipinski definition) is 5. The van der Waals surface area contributed by atoms with E-state index in [1.165, 1.54) is 0 Å². The Morgan fingerprint density at radius 1 is 1.12 bits per heavy atom. The minimum absolute atomic E-state index is 0.129. The molecule has 4 rings (SSSR count). The summed E-state index contributed by atoms with van der Waals surface area (Å²) in [5, 5.41) is 18.7. The number of urea groups is 1. The van der Waals surface area contributed by atoms with Gasteiger partial charge in [-0.05, 0) is 36.4 Å². The molecule has 2 aromatic carbocycles. The molecule has 0 aliphatic carbocycles. The Kier molecular flexibility index (Phi) is 7.65. The molecule has 2 amide bonds. The van der Waals surface area contributed by atoms with Crippen molar-refractivity contribution in [2.75, 3.05) is 54.9 Å². The average Bonchev–Trinajstić information content (AvgIpc) is 2.79. The molecule has 34 heavy (non-hydrogen) atoms. The van der Waals surface area contributed by atoms with Crippen LogP contribution in [0.5, 0.6) is 0 Å². The highest BCUT2D eigenvalue weighted by Crippen LogP contribution is 2.40. The van der Waals surface area contributed by atoms with Crippen molar-refractivity contribution >= 4 is 52.3 Å². The van der Waals surface area contributed by atoms with Crippen LogP contribution in [0.25, 0.3) is 0 Å². The first-order chi connectivity index (χ1) is 16.3. The second-order valence-electron chi connectivity index (χ2n) is 8.34. The van der Waals surface area contributed by atoms with E-state index < -0.39 is 24.1 Å². The Hall–Kier alpha value is -2.75. The molecule has 0 radical (unpaired) electrons. The van der Waals surface area contributed by atoms with E-state index in [0.717, 1.165) is 31.9 Å². The lowest BCUT2D eigenvalue weighted by molar-refractivity contribution is -0.138. The third-order valence-corrected chi connectivity index (χ3v) is 6.64. The van der Waals surface area contributed by atoms with Crippen molar-refractivity contribution in [3.63, 3.8) is 0 Å². The van der Waals surface area contributed by atoms with E-state index in [1.807, 2.05) is 24.3 Å². The molecule has 2 aliphatic heterocycles. The van der Waals surface area contributed by atoms with Crippen molar-refractivity contribution in [2.24, 2.45) is 0 Å². The van der Waals surface area contributed by atoms with Gasteiger partial charge in [-0.3, -0.25) is 4.90 Å². The summed E-state index contributed by atoms with van der Waals surface area (Å²) >= 11 is 12.4. The Morgan fingerprint density at radius 3 is 2.47 bits per heavy atom. The van der Waals surface area contributed by atoms with Crippen molar-refractivity contribution in [3.8, 4) is 0 Å². The normalized spacial score (nSPS) is 20.3. The highest BCUT2D eigenvalue weighted by atomic mass is 35.5. The molecule has 0 saturated carbocycles. The maximum Gasteiger partial charge on any atom is 0.326 e. The maximum atomic E-state index is 12.7. The summed E-state index contributed by atoms with van der Waals surface area (Å²) in [6.07, 6.45) is 0.129. The quantitative estimate of drug-likeness (QED) is 0.465. The number of carbonyl (C=O) groups excluding carboxylic acids is 1. The predicted molar refractivity (Wildman–Crippen MR) is 132 cm³/mol. The molecule has 2 aromatic rings. The number of nitrogens with one attached hydrogen (secondary N) is 3. The summed E-state index contributed by atoms with van der Waals surface area (Å²) in [5.41, 5.74) is 2.72. The summed E-state index contributed by atoms with van der Waals surface area (Å²) in [7, 11) is 0. The summed E-state index contributed by atoms with van der Waals surface area (Å²) in [4.78, 5) is 28.6. The van der Waals surface area contributed by atoms with Crippen molar-refractivity contribution in [3.05, 3.63) is 52.0 Å². The van der Waals surface area contributed by atoms with Crippen LogP contribution in [0.1, 0.15) is 18.0 Å². The van der Waals surface area contributed by atoms with Crippen molar-refractivity contribution in [2.45, 2.75) is 18.5 Å². The number of fused-ring (bicyclic) bond motifs is 1. The van der Waals surface area contributed by atoms with Crippen LogP contribution in [-0.4, -0.2) is 67.4 Å². The predicted octanol–water partition coefficient (Wildman–Crippen LogP) is 4.22. The Balaban J connectivity index is 1.39. The second kappa shape index (κ2) is 10.7. The van der Waals surface area contributed by atoms with E-state index in [4.69, 9.17) is 23.2 Å². The number of nitrogens with zero attached hydrogens (tertiary/aromatic N) is 2. The number of amides is 2. The molecular weight excluding hydrogens is 484 g/mol. The largest absolute Gasteiger partial charge is 0.480 e. The molecule has 1 fully saturated rings. The number of carboxylic acids is 1. The number of piperazine rings is 1. The molecule has 4 N–H and O–H groups in total. The minimum atomic E-state index is -1.03. The smallest absolute Gasteiger partial charge is 0.326 e. The monoisotopic (exact) mass is 509 g/mol. The van der Waals surface area contributed by atoms with Gasteiger partial charge < -0.3 is 26.0 Å². The molecule has 11 heteroatoms. The van der Waals surface area contributed by atoms with Gasteiger partial charge in [-0.15, -0.1) is 0 Å². The standard InChI is InChI=1S/C23H26Cl2FN5O3/c24-14-11-17(25)21-18(12-14)28-20(22(32)33)13-19(21)29-23(34)27-15-1-3-16(4-2-15)31-9-7-30(6-5-26)8-10-31/h1-4,11-12,19-20,28H,5-10,13H2,(H,32,33)(H2,27,29,34)/t19-,20+/m0/s1. The highest BCUT2D eigenvalue weighted by Gasteiger charge is 2.33. The minimum Gasteiger partial charge on any atom is -0.480 e. The summed E-state index contributed by atoms with van der Waals surface area (Å²) < 4.78 is 12.5. The molecule has 2 heterocycles. The van der Waals surface area contributed by atoms with Crippen molar-refractivity contribution < 1.29 is 19.1 Å². The lowest BCUT2D eigenvalue weighted by Gasteiger charge is -2.35. The fourth-order valence-electron chi connectivity index (χ4n) is 4.38. The first kappa shape index (κ1) is 24.4. The number of carboxylic acid groups (broad SMARTS) is 1. The molecule has 0 bridgehead atoms. The van der Waals surface area contributed by atoms with Crippen molar-refractivity contribution in [1.82, 2.24) is 10.2 Å². The van der Waals surface area contributed by atoms with Gasteiger partial charge >= 0.3 is 12.0 Å². The average molecular weight is 510 g/mol. The lowest BCUT2D eigenvalue weighted by atomic mass is 9.93. The SMILES string of the molecule is O=C(Nc1ccc(N2CCN(CCF)CC2)cc1)N[C@H]1C[C@H](C(=O)O)Nc2cc(Cl)cc(Cl)c21.